The summed E-state index contributed by atoms with van der Waals surface area (Å²) in [5, 5.41) is 1.70. The fourth-order valence-electron chi connectivity index (χ4n) is 2.83. The maximum absolute atomic E-state index is 12.8. The van der Waals surface area contributed by atoms with Crippen LogP contribution in [0.4, 0.5) is 13.2 Å². The molecule has 0 bridgehead atoms. The van der Waals surface area contributed by atoms with Crippen LogP contribution in [0.5, 0.6) is 0 Å². The molecule has 0 saturated carbocycles. The SMILES string of the molecule is CN(Cc1cnccn1)C(=O)c1csc2nc(-c3ccc(C(F)(F)F)cc3)cn12. The summed E-state index contributed by atoms with van der Waals surface area (Å²) >= 11 is 1.29. The number of carbonyl (C=O) groups is 1. The van der Waals surface area contributed by atoms with Crippen LogP contribution in [-0.2, 0) is 12.7 Å². The smallest absolute Gasteiger partial charge is 0.334 e. The number of rotatable bonds is 4. The summed E-state index contributed by atoms with van der Waals surface area (Å²) < 4.78 is 39.9. The summed E-state index contributed by atoms with van der Waals surface area (Å²) in [5.41, 5.74) is 1.40. The van der Waals surface area contributed by atoms with E-state index in [0.717, 1.165) is 12.1 Å². The topological polar surface area (TPSA) is 63.4 Å². The lowest BCUT2D eigenvalue weighted by molar-refractivity contribution is -0.137. The molecule has 0 saturated heterocycles. The Morgan fingerprint density at radius 1 is 1.21 bits per heavy atom. The molecule has 3 aromatic heterocycles. The summed E-state index contributed by atoms with van der Waals surface area (Å²) in [6.45, 7) is 0.296. The average Bonchev–Trinajstić information content (AvgIpc) is 3.28. The Bertz CT molecular complexity index is 1150. The Kier molecular flexibility index (Phi) is 4.79. The van der Waals surface area contributed by atoms with E-state index in [-0.39, 0.29) is 5.91 Å². The molecule has 1 aromatic carbocycles. The zero-order chi connectivity index (χ0) is 20.6. The number of fused-ring (bicyclic) bond motifs is 1. The molecule has 0 spiro atoms. The molecular formula is C19H14F3N5OS. The highest BCUT2D eigenvalue weighted by molar-refractivity contribution is 7.15. The summed E-state index contributed by atoms with van der Waals surface area (Å²) in [4.78, 5) is 27.5. The van der Waals surface area contributed by atoms with Gasteiger partial charge in [0, 0.05) is 36.6 Å². The molecule has 148 valence electrons. The normalized spacial score (nSPS) is 11.7. The predicted molar refractivity (Wildman–Crippen MR) is 101 cm³/mol. The second-order valence-electron chi connectivity index (χ2n) is 6.33. The van der Waals surface area contributed by atoms with E-state index in [1.54, 1.807) is 41.6 Å². The molecule has 0 radical (unpaired) electrons. The fourth-order valence-corrected chi connectivity index (χ4v) is 3.68. The molecule has 4 aromatic rings. The molecule has 6 nitrogen and oxygen atoms in total. The molecular weight excluding hydrogens is 403 g/mol. The van der Waals surface area contributed by atoms with E-state index >= 15 is 0 Å². The zero-order valence-electron chi connectivity index (χ0n) is 15.1. The Morgan fingerprint density at radius 2 is 1.97 bits per heavy atom. The third-order valence-electron chi connectivity index (χ3n) is 4.30. The van der Waals surface area contributed by atoms with Gasteiger partial charge in [0.15, 0.2) is 4.96 Å². The van der Waals surface area contributed by atoms with E-state index in [0.29, 0.717) is 34.2 Å². The molecule has 3 heterocycles. The zero-order valence-corrected chi connectivity index (χ0v) is 15.9. The number of carbonyl (C=O) groups excluding carboxylic acids is 1. The van der Waals surface area contributed by atoms with Gasteiger partial charge in [0.05, 0.1) is 29.7 Å². The van der Waals surface area contributed by atoms with Crippen molar-refractivity contribution in [2.75, 3.05) is 7.05 Å². The van der Waals surface area contributed by atoms with E-state index in [4.69, 9.17) is 0 Å². The lowest BCUT2D eigenvalue weighted by Crippen LogP contribution is -2.27. The van der Waals surface area contributed by atoms with Crippen molar-refractivity contribution in [3.8, 4) is 11.3 Å². The summed E-state index contributed by atoms with van der Waals surface area (Å²) in [5.74, 6) is -0.224. The minimum absolute atomic E-state index is 0.224. The predicted octanol–water partition coefficient (Wildman–Crippen LogP) is 4.14. The van der Waals surface area contributed by atoms with Crippen LogP contribution < -0.4 is 0 Å². The van der Waals surface area contributed by atoms with E-state index in [1.165, 1.54) is 28.4 Å². The van der Waals surface area contributed by atoms with Crippen LogP contribution in [0.15, 0.2) is 54.4 Å². The molecule has 4 rings (SSSR count). The van der Waals surface area contributed by atoms with Crippen molar-refractivity contribution in [2.45, 2.75) is 12.7 Å². The van der Waals surface area contributed by atoms with Crippen LogP contribution >= 0.6 is 11.3 Å². The standard InChI is InChI=1S/C19H14F3N5OS/c1-26(9-14-8-23-6-7-24-14)17(28)16-11-29-18-25-15(10-27(16)18)12-2-4-13(5-3-12)19(20,21)22/h2-8,10-11H,9H2,1H3. The van der Waals surface area contributed by atoms with Crippen LogP contribution in [0.3, 0.4) is 0 Å². The van der Waals surface area contributed by atoms with Gasteiger partial charge in [0.1, 0.15) is 5.69 Å². The molecule has 0 unspecified atom stereocenters. The Morgan fingerprint density at radius 3 is 2.62 bits per heavy atom. The van der Waals surface area contributed by atoms with Gasteiger partial charge < -0.3 is 4.90 Å². The third-order valence-corrected chi connectivity index (χ3v) is 5.14. The number of amides is 1. The summed E-state index contributed by atoms with van der Waals surface area (Å²) in [7, 11) is 1.66. The van der Waals surface area contributed by atoms with Gasteiger partial charge in [-0.2, -0.15) is 13.2 Å². The highest BCUT2D eigenvalue weighted by Gasteiger charge is 2.30. The highest BCUT2D eigenvalue weighted by atomic mass is 32.1. The number of imidazole rings is 1. The number of alkyl halides is 3. The Balaban J connectivity index is 1.59. The van der Waals surface area contributed by atoms with E-state index in [1.807, 2.05) is 0 Å². The first-order valence-corrected chi connectivity index (χ1v) is 9.35. The van der Waals surface area contributed by atoms with Gasteiger partial charge in [-0.1, -0.05) is 12.1 Å². The van der Waals surface area contributed by atoms with E-state index in [9.17, 15) is 18.0 Å². The minimum atomic E-state index is -4.39. The van der Waals surface area contributed by atoms with Crippen LogP contribution in [0.1, 0.15) is 21.7 Å². The van der Waals surface area contributed by atoms with Crippen molar-refractivity contribution in [3.05, 3.63) is 71.4 Å². The monoisotopic (exact) mass is 417 g/mol. The van der Waals surface area contributed by atoms with E-state index < -0.39 is 11.7 Å². The number of hydrogen-bond acceptors (Lipinski definition) is 5. The summed E-state index contributed by atoms with van der Waals surface area (Å²) in [6.07, 6.45) is 1.97. The molecule has 0 aliphatic carbocycles. The van der Waals surface area contributed by atoms with Gasteiger partial charge in [-0.3, -0.25) is 19.2 Å². The first kappa shape index (κ1) is 19.1. The van der Waals surface area contributed by atoms with Gasteiger partial charge in [-0.25, -0.2) is 4.98 Å². The van der Waals surface area contributed by atoms with Crippen LogP contribution in [0, 0.1) is 0 Å². The van der Waals surface area contributed by atoms with Crippen molar-refractivity contribution in [1.82, 2.24) is 24.3 Å². The number of aromatic nitrogens is 4. The lowest BCUT2D eigenvalue weighted by Gasteiger charge is -2.15. The first-order valence-electron chi connectivity index (χ1n) is 8.47. The van der Waals surface area contributed by atoms with Crippen molar-refractivity contribution in [1.29, 1.82) is 0 Å². The molecule has 1 amide bonds. The van der Waals surface area contributed by atoms with Gasteiger partial charge in [-0.15, -0.1) is 11.3 Å². The maximum atomic E-state index is 12.8. The maximum Gasteiger partial charge on any atom is 0.416 e. The molecule has 0 fully saturated rings. The number of nitrogens with zero attached hydrogens (tertiary/aromatic N) is 5. The number of halogens is 3. The minimum Gasteiger partial charge on any atom is -0.334 e. The number of benzene rings is 1. The van der Waals surface area contributed by atoms with Crippen LogP contribution in [-0.4, -0.2) is 37.2 Å². The van der Waals surface area contributed by atoms with Crippen LogP contribution in [0.2, 0.25) is 0 Å². The van der Waals surface area contributed by atoms with E-state index in [2.05, 4.69) is 15.0 Å². The molecule has 0 atom stereocenters. The molecule has 0 aliphatic rings. The van der Waals surface area contributed by atoms with Crippen molar-refractivity contribution in [3.63, 3.8) is 0 Å². The molecule has 0 N–H and O–H groups in total. The van der Waals surface area contributed by atoms with Crippen LogP contribution in [0.25, 0.3) is 16.2 Å². The molecule has 10 heteroatoms. The average molecular weight is 417 g/mol. The molecule has 0 aliphatic heterocycles. The highest BCUT2D eigenvalue weighted by Crippen LogP contribution is 2.31. The Hall–Kier alpha value is -3.27. The third kappa shape index (κ3) is 3.83. The Labute approximate surface area is 167 Å². The molecule has 29 heavy (non-hydrogen) atoms. The number of hydrogen-bond donors (Lipinski definition) is 0. The largest absolute Gasteiger partial charge is 0.416 e. The number of thiazole rings is 1. The quantitative estimate of drug-likeness (QED) is 0.501. The van der Waals surface area contributed by atoms with Gasteiger partial charge in [-0.05, 0) is 12.1 Å². The van der Waals surface area contributed by atoms with Crippen molar-refractivity contribution < 1.29 is 18.0 Å². The second kappa shape index (κ2) is 7.28. The fraction of sp³-hybridized carbons (Fsp3) is 0.158. The lowest BCUT2D eigenvalue weighted by atomic mass is 10.1. The summed E-state index contributed by atoms with van der Waals surface area (Å²) in [6, 6.07) is 4.78. The second-order valence-corrected chi connectivity index (χ2v) is 7.17. The van der Waals surface area contributed by atoms with Gasteiger partial charge in [0.2, 0.25) is 0 Å². The van der Waals surface area contributed by atoms with Gasteiger partial charge in [0.25, 0.3) is 5.91 Å². The first-order chi connectivity index (χ1) is 13.8. The van der Waals surface area contributed by atoms with Gasteiger partial charge >= 0.3 is 6.18 Å². The van der Waals surface area contributed by atoms with Crippen molar-refractivity contribution >= 4 is 22.2 Å². The van der Waals surface area contributed by atoms with Crippen molar-refractivity contribution in [2.24, 2.45) is 0 Å².